The Balaban J connectivity index is 2.03. The van der Waals surface area contributed by atoms with Crippen LogP contribution in [0.5, 0.6) is 0 Å². The van der Waals surface area contributed by atoms with Gasteiger partial charge in [-0.3, -0.25) is 14.4 Å². The molecule has 5 atom stereocenters. The SMILES string of the molecule is CCCCC[C@H](O)/C=C/[C@H]1C(=O)C[C@H](O)[C@@H]1C/C=C\CCCC(=O)OC[C@H](O)COC(=O)CCCCCCCCCCCCCCCC(C)C. The number of carbonyl (C=O) groups excluding carboxylic acids is 3. The van der Waals surface area contributed by atoms with Gasteiger partial charge in [-0.15, -0.1) is 0 Å². The van der Waals surface area contributed by atoms with Crippen LogP contribution in [0.3, 0.4) is 0 Å². The minimum absolute atomic E-state index is 0.00247. The van der Waals surface area contributed by atoms with Gasteiger partial charge in [0.25, 0.3) is 0 Å². The van der Waals surface area contributed by atoms with Crippen molar-refractivity contribution >= 4 is 17.7 Å². The molecule has 0 aromatic carbocycles. The monoisotopic (exact) mass is 707 g/mol. The Morgan fingerprint density at radius 3 is 1.82 bits per heavy atom. The van der Waals surface area contributed by atoms with Crippen LogP contribution in [0.25, 0.3) is 0 Å². The normalized spacial score (nSPS) is 19.2. The Morgan fingerprint density at radius 2 is 1.26 bits per heavy atom. The summed E-state index contributed by atoms with van der Waals surface area (Å²) in [6.07, 6.45) is 28.8. The molecular formula is C42H74O8. The highest BCUT2D eigenvalue weighted by atomic mass is 16.6. The summed E-state index contributed by atoms with van der Waals surface area (Å²) in [6, 6.07) is 0. The van der Waals surface area contributed by atoms with Crippen molar-refractivity contribution in [2.45, 2.75) is 193 Å². The van der Waals surface area contributed by atoms with Gasteiger partial charge in [-0.05, 0) is 38.0 Å². The summed E-state index contributed by atoms with van der Waals surface area (Å²) in [5.74, 6) is -0.526. The Labute approximate surface area is 304 Å². The van der Waals surface area contributed by atoms with E-state index in [4.69, 9.17) is 9.47 Å². The molecule has 1 aliphatic rings. The third kappa shape index (κ3) is 25.0. The Hall–Kier alpha value is -2.03. The number of carbonyl (C=O) groups is 3. The van der Waals surface area contributed by atoms with Crippen LogP contribution in [-0.2, 0) is 23.9 Å². The van der Waals surface area contributed by atoms with Crippen molar-refractivity contribution in [2.24, 2.45) is 17.8 Å². The van der Waals surface area contributed by atoms with E-state index in [1.165, 1.54) is 70.6 Å². The van der Waals surface area contributed by atoms with Crippen molar-refractivity contribution in [3.05, 3.63) is 24.3 Å². The molecule has 0 aliphatic heterocycles. The van der Waals surface area contributed by atoms with Crippen molar-refractivity contribution in [1.29, 1.82) is 0 Å². The molecule has 290 valence electrons. The van der Waals surface area contributed by atoms with Crippen LogP contribution in [0.4, 0.5) is 0 Å². The van der Waals surface area contributed by atoms with Crippen molar-refractivity contribution in [3.63, 3.8) is 0 Å². The van der Waals surface area contributed by atoms with E-state index >= 15 is 0 Å². The van der Waals surface area contributed by atoms with Gasteiger partial charge in [0.05, 0.1) is 12.2 Å². The van der Waals surface area contributed by atoms with Gasteiger partial charge in [-0.2, -0.15) is 0 Å². The fourth-order valence-corrected chi connectivity index (χ4v) is 6.55. The molecule has 1 saturated carbocycles. The average molecular weight is 707 g/mol. The van der Waals surface area contributed by atoms with Gasteiger partial charge in [-0.25, -0.2) is 0 Å². The summed E-state index contributed by atoms with van der Waals surface area (Å²) in [4.78, 5) is 36.5. The zero-order valence-corrected chi connectivity index (χ0v) is 32.0. The zero-order chi connectivity index (χ0) is 36.8. The second-order valence-corrected chi connectivity index (χ2v) is 15.0. The van der Waals surface area contributed by atoms with E-state index in [-0.39, 0.29) is 43.7 Å². The lowest BCUT2D eigenvalue weighted by atomic mass is 9.90. The number of ether oxygens (including phenoxy) is 2. The number of hydrogen-bond donors (Lipinski definition) is 3. The van der Waals surface area contributed by atoms with Crippen LogP contribution in [0.1, 0.15) is 175 Å². The summed E-state index contributed by atoms with van der Waals surface area (Å²) < 4.78 is 10.3. The number of aliphatic hydroxyl groups is 3. The lowest BCUT2D eigenvalue weighted by Gasteiger charge is -2.17. The molecule has 0 amide bonds. The van der Waals surface area contributed by atoms with Crippen molar-refractivity contribution in [3.8, 4) is 0 Å². The van der Waals surface area contributed by atoms with Gasteiger partial charge >= 0.3 is 11.9 Å². The summed E-state index contributed by atoms with van der Waals surface area (Å²) in [7, 11) is 0. The van der Waals surface area contributed by atoms with E-state index in [2.05, 4.69) is 20.8 Å². The lowest BCUT2D eigenvalue weighted by Crippen LogP contribution is -2.25. The minimum atomic E-state index is -1.05. The van der Waals surface area contributed by atoms with Crippen molar-refractivity contribution < 1.29 is 39.2 Å². The van der Waals surface area contributed by atoms with Crippen LogP contribution in [0.2, 0.25) is 0 Å². The Kier molecular flexibility index (Phi) is 28.1. The first-order valence-corrected chi connectivity index (χ1v) is 20.3. The first-order chi connectivity index (χ1) is 24.1. The molecule has 0 aromatic heterocycles. The molecule has 8 nitrogen and oxygen atoms in total. The quantitative estimate of drug-likeness (QED) is 0.0359. The maximum absolute atomic E-state index is 12.4. The standard InChI is InChI=1S/C42H74O8/c1-4-5-19-25-35(43)29-30-38-37(39(45)31-40(38)46)26-21-17-18-23-28-42(48)50-33-36(44)32-49-41(47)27-22-16-14-12-10-8-6-7-9-11-13-15-20-24-34(2)3/h17,21,29-30,34-39,43-45H,4-16,18-20,22-28,31-33H2,1-3H3/b21-17-,30-29+/t35-,36+,37+,38+,39-/m0/s1. The molecule has 3 N–H and O–H groups in total. The third-order valence-corrected chi connectivity index (χ3v) is 9.74. The van der Waals surface area contributed by atoms with Crippen molar-refractivity contribution in [2.75, 3.05) is 13.2 Å². The Bertz CT molecular complexity index is 929. The van der Waals surface area contributed by atoms with Crippen LogP contribution in [-0.4, -0.2) is 64.6 Å². The van der Waals surface area contributed by atoms with Gasteiger partial charge in [-0.1, -0.05) is 148 Å². The number of unbranched alkanes of at least 4 members (excludes halogenated alkanes) is 15. The highest BCUT2D eigenvalue weighted by Crippen LogP contribution is 2.33. The van der Waals surface area contributed by atoms with Crippen LogP contribution in [0, 0.1) is 17.8 Å². The largest absolute Gasteiger partial charge is 0.463 e. The molecule has 50 heavy (non-hydrogen) atoms. The number of allylic oxidation sites excluding steroid dienone is 3. The summed E-state index contributed by atoms with van der Waals surface area (Å²) in [5.41, 5.74) is 0. The minimum Gasteiger partial charge on any atom is -0.463 e. The molecule has 0 aromatic rings. The first kappa shape index (κ1) is 46.0. The molecule has 0 bridgehead atoms. The van der Waals surface area contributed by atoms with Crippen LogP contribution in [0.15, 0.2) is 24.3 Å². The number of Topliss-reactive ketones (excluding diaryl/α,β-unsaturated/α-hetero) is 1. The summed E-state index contributed by atoms with van der Waals surface area (Å²) in [6.45, 7) is 6.32. The van der Waals surface area contributed by atoms with Gasteiger partial charge in [0.1, 0.15) is 25.1 Å². The number of hydrogen-bond acceptors (Lipinski definition) is 8. The highest BCUT2D eigenvalue weighted by Gasteiger charge is 2.39. The molecule has 1 fully saturated rings. The maximum atomic E-state index is 12.4. The van der Waals surface area contributed by atoms with Gasteiger partial charge in [0.2, 0.25) is 0 Å². The molecule has 1 rings (SSSR count). The average Bonchev–Trinajstić information content (AvgIpc) is 3.35. The topological polar surface area (TPSA) is 130 Å². The van der Waals surface area contributed by atoms with E-state index in [1.54, 1.807) is 12.2 Å². The fourth-order valence-electron chi connectivity index (χ4n) is 6.55. The molecule has 0 heterocycles. The second kappa shape index (κ2) is 30.6. The highest BCUT2D eigenvalue weighted by molar-refractivity contribution is 5.86. The third-order valence-electron chi connectivity index (χ3n) is 9.74. The number of rotatable bonds is 32. The lowest BCUT2D eigenvalue weighted by molar-refractivity contribution is -0.152. The predicted molar refractivity (Wildman–Crippen MR) is 202 cm³/mol. The predicted octanol–water partition coefficient (Wildman–Crippen LogP) is 9.12. The molecule has 0 radical (unpaired) electrons. The molecule has 8 heteroatoms. The molecule has 0 unspecified atom stereocenters. The van der Waals surface area contributed by atoms with E-state index in [0.717, 1.165) is 44.4 Å². The molecule has 1 aliphatic carbocycles. The maximum Gasteiger partial charge on any atom is 0.305 e. The smallest absolute Gasteiger partial charge is 0.305 e. The van der Waals surface area contributed by atoms with Gasteiger partial charge in [0, 0.05) is 31.1 Å². The van der Waals surface area contributed by atoms with E-state index in [1.807, 2.05) is 12.2 Å². The van der Waals surface area contributed by atoms with E-state index < -0.39 is 30.2 Å². The van der Waals surface area contributed by atoms with Crippen LogP contribution < -0.4 is 0 Å². The first-order valence-electron chi connectivity index (χ1n) is 20.3. The summed E-state index contributed by atoms with van der Waals surface area (Å²) >= 11 is 0. The van der Waals surface area contributed by atoms with E-state index in [0.29, 0.717) is 32.1 Å². The fraction of sp³-hybridized carbons (Fsp3) is 0.833. The van der Waals surface area contributed by atoms with E-state index in [9.17, 15) is 29.7 Å². The molecule has 0 saturated heterocycles. The molecule has 0 spiro atoms. The second-order valence-electron chi connectivity index (χ2n) is 15.0. The molecular weight excluding hydrogens is 632 g/mol. The zero-order valence-electron chi connectivity index (χ0n) is 32.0. The number of aliphatic hydroxyl groups excluding tert-OH is 3. The Morgan fingerprint density at radius 1 is 0.740 bits per heavy atom. The number of ketones is 1. The van der Waals surface area contributed by atoms with Gasteiger partial charge < -0.3 is 24.8 Å². The van der Waals surface area contributed by atoms with Crippen molar-refractivity contribution in [1.82, 2.24) is 0 Å². The van der Waals surface area contributed by atoms with Gasteiger partial charge in [0.15, 0.2) is 0 Å². The summed E-state index contributed by atoms with van der Waals surface area (Å²) in [5, 5.41) is 30.6. The van der Waals surface area contributed by atoms with Crippen LogP contribution >= 0.6 is 0 Å². The number of esters is 2.